The highest BCUT2D eigenvalue weighted by atomic mass is 33.1. The van der Waals surface area contributed by atoms with Gasteiger partial charge in [-0.1, -0.05) is 116 Å². The van der Waals surface area contributed by atoms with Crippen molar-refractivity contribution in [3.8, 4) is 11.5 Å². The topological polar surface area (TPSA) is 105 Å². The fourth-order valence-corrected chi connectivity index (χ4v) is 18.1. The number of para-hydroxylation sites is 2. The lowest BCUT2D eigenvalue weighted by molar-refractivity contribution is -0.0529. The minimum absolute atomic E-state index is 0.386. The average Bonchev–Trinajstić information content (AvgIpc) is 3.83. The maximum Gasteiger partial charge on any atom is 0.522 e. The molecule has 0 saturated carbocycles. The average molecular weight is 989 g/mol. The number of methoxy groups -OCH3 is 2. The largest absolute Gasteiger partial charge is 0.522 e. The monoisotopic (exact) mass is 988 g/mol. The van der Waals surface area contributed by atoms with Gasteiger partial charge in [0.1, 0.15) is 19.6 Å². The second-order valence-corrected chi connectivity index (χ2v) is 25.2. The van der Waals surface area contributed by atoms with Crippen molar-refractivity contribution in [2.75, 3.05) is 14.2 Å². The molecule has 0 radical (unpaired) electrons. The van der Waals surface area contributed by atoms with Crippen LogP contribution in [0, 0.1) is 0 Å². The van der Waals surface area contributed by atoms with Gasteiger partial charge in [-0.15, -0.1) is 0 Å². The van der Waals surface area contributed by atoms with Gasteiger partial charge in [0.25, 0.3) is 0 Å². The van der Waals surface area contributed by atoms with Gasteiger partial charge in [0.15, 0.2) is 0 Å². The third kappa shape index (κ3) is 11.2. The van der Waals surface area contributed by atoms with E-state index in [1.165, 1.54) is 33.5 Å². The first-order chi connectivity index (χ1) is 27.6. The van der Waals surface area contributed by atoms with Crippen LogP contribution in [-0.2, 0) is 81.6 Å². The Hall–Kier alpha value is -3.11. The molecule has 0 N–H and O–H groups in total. The third-order valence-corrected chi connectivity index (χ3v) is 21.3. The third-order valence-electron chi connectivity index (χ3n) is 9.28. The van der Waals surface area contributed by atoms with Gasteiger partial charge < -0.3 is 9.47 Å². The summed E-state index contributed by atoms with van der Waals surface area (Å²) in [5, 5.41) is 0.679. The predicted molar refractivity (Wildman–Crippen MR) is 234 cm³/mol. The van der Waals surface area contributed by atoms with Crippen LogP contribution in [-0.4, -0.2) is 58.7 Å². The van der Waals surface area contributed by atoms with Crippen LogP contribution in [0.25, 0.3) is 12.2 Å². The van der Waals surface area contributed by atoms with Gasteiger partial charge in [0.05, 0.1) is 14.2 Å². The molecule has 59 heavy (non-hydrogen) atoms. The first-order valence-corrected chi connectivity index (χ1v) is 28.3. The molecular formula is C36H34F6O8S7Si2. The molecule has 2 unspecified atom stereocenters. The fourth-order valence-electron chi connectivity index (χ4n) is 6.80. The van der Waals surface area contributed by atoms with Crippen molar-refractivity contribution in [1.29, 1.82) is 0 Å². The van der Waals surface area contributed by atoms with Gasteiger partial charge in [-0.25, -0.2) is 0 Å². The number of benzene rings is 4. The molecule has 0 saturated heterocycles. The van der Waals surface area contributed by atoms with E-state index in [1.807, 2.05) is 0 Å². The van der Waals surface area contributed by atoms with E-state index >= 15 is 0 Å². The minimum Gasteiger partial charge on any atom is -0.497 e. The quantitative estimate of drug-likeness (QED) is 0.0901. The molecule has 0 amide bonds. The van der Waals surface area contributed by atoms with Gasteiger partial charge in [-0.3, -0.25) is 7.74 Å². The van der Waals surface area contributed by atoms with Crippen LogP contribution in [0.4, 0.5) is 26.3 Å². The van der Waals surface area contributed by atoms with Crippen molar-refractivity contribution >= 4 is 113 Å². The fraction of sp³-hybridized carbons (Fsp3) is 0.222. The summed E-state index contributed by atoms with van der Waals surface area (Å²) in [6, 6.07) is 30.6. The summed E-state index contributed by atoms with van der Waals surface area (Å²) in [4.78, 5) is 0. The first kappa shape index (κ1) is 50.3. The Morgan fingerprint density at radius 3 is 1.27 bits per heavy atom. The van der Waals surface area contributed by atoms with E-state index in [0.29, 0.717) is 17.6 Å². The van der Waals surface area contributed by atoms with Crippen LogP contribution in [0.15, 0.2) is 109 Å². The van der Waals surface area contributed by atoms with E-state index in [-0.39, 0.29) is 0 Å². The molecule has 4 aromatic carbocycles. The standard InChI is InChI=1S/C26H24OSi.C10H10F6O7S2Si.S3.S2/c1-27-23-13-7-8-14-26(23)28(2,24-17-15-19-9-3-5-11-21(19)24)25-18-16-20-10-4-6-12-22(20)25;1-21-7-5-3-4-6-8(7)26(2,22-24(17,18)9(11,12)13)23-25(19,20)10(14,15)16;1-3-2;1-2/h3-18,24-25H,1-2H3;3-6H,1-2H3;;. The number of hydrogen-bond acceptors (Lipinski definition) is 12. The smallest absolute Gasteiger partial charge is 0.497 e. The van der Waals surface area contributed by atoms with Gasteiger partial charge in [0, 0.05) is 69.9 Å². The summed E-state index contributed by atoms with van der Waals surface area (Å²) >= 11 is 15.6. The summed E-state index contributed by atoms with van der Waals surface area (Å²) < 4.78 is 139. The molecule has 0 fully saturated rings. The molecule has 0 bridgehead atoms. The predicted octanol–water partition coefficient (Wildman–Crippen LogP) is 7.38. The van der Waals surface area contributed by atoms with Gasteiger partial charge in [0.2, 0.25) is 0 Å². The van der Waals surface area contributed by atoms with E-state index in [9.17, 15) is 43.2 Å². The molecule has 6 rings (SSSR count). The number of allylic oxidation sites excluding steroid dienone is 2. The van der Waals surface area contributed by atoms with E-state index in [2.05, 4.69) is 156 Å². The van der Waals surface area contributed by atoms with E-state index in [0.717, 1.165) is 39.9 Å². The number of hydrogen-bond donors (Lipinski definition) is 0. The highest BCUT2D eigenvalue weighted by Gasteiger charge is 2.59. The van der Waals surface area contributed by atoms with Crippen LogP contribution >= 0.6 is 0 Å². The lowest BCUT2D eigenvalue weighted by Gasteiger charge is -2.40. The zero-order valence-corrected chi connectivity index (χ0v) is 38.8. The highest BCUT2D eigenvalue weighted by molar-refractivity contribution is 8.37. The number of alkyl halides is 6. The number of fused-ring (bicyclic) bond motifs is 2. The van der Waals surface area contributed by atoms with Crippen molar-refractivity contribution in [2.45, 2.75) is 35.2 Å². The molecule has 0 aromatic heterocycles. The second-order valence-electron chi connectivity index (χ2n) is 12.6. The summed E-state index contributed by atoms with van der Waals surface area (Å²) in [7, 11) is -16.9. The maximum atomic E-state index is 12.6. The molecule has 4 aromatic rings. The Labute approximate surface area is 363 Å². The molecular weight excluding hydrogens is 955 g/mol. The van der Waals surface area contributed by atoms with Crippen molar-refractivity contribution < 1.29 is 60.4 Å². The van der Waals surface area contributed by atoms with Crippen LogP contribution in [0.5, 0.6) is 11.5 Å². The van der Waals surface area contributed by atoms with Crippen LogP contribution in [0.3, 0.4) is 0 Å². The van der Waals surface area contributed by atoms with Crippen molar-refractivity contribution in [3.05, 3.63) is 131 Å². The van der Waals surface area contributed by atoms with Crippen molar-refractivity contribution in [2.24, 2.45) is 0 Å². The Bertz CT molecular complexity index is 2320. The summed E-state index contributed by atoms with van der Waals surface area (Å²) in [5.41, 5.74) is -5.60. The molecule has 23 heteroatoms. The molecule has 318 valence electrons. The molecule has 2 aliphatic rings. The van der Waals surface area contributed by atoms with Crippen LogP contribution in [0.1, 0.15) is 33.3 Å². The highest BCUT2D eigenvalue weighted by Crippen LogP contribution is 2.47. The Morgan fingerprint density at radius 1 is 0.576 bits per heavy atom. The zero-order chi connectivity index (χ0) is 44.5. The normalized spacial score (nSPS) is 16.6. The zero-order valence-electron chi connectivity index (χ0n) is 31.1. The van der Waals surface area contributed by atoms with Crippen molar-refractivity contribution in [3.63, 3.8) is 0 Å². The van der Waals surface area contributed by atoms with E-state index in [1.54, 1.807) is 7.11 Å². The Morgan fingerprint density at radius 2 is 0.898 bits per heavy atom. The molecule has 8 nitrogen and oxygen atoms in total. The van der Waals surface area contributed by atoms with Gasteiger partial charge >= 0.3 is 39.8 Å². The number of ether oxygens (including phenoxy) is 2. The SMILES string of the molecule is COc1ccccc1[Si](C)(C1C=Cc2ccccc21)C1C=Cc2ccccc21.COc1ccccc1[Si](C)(OS(=O)(=O)C(F)(F)F)OS(=O)(=O)C(F)(F)F.S=S.S=S=S. The molecule has 2 aliphatic carbocycles. The first-order valence-electron chi connectivity index (χ1n) is 16.5. The lowest BCUT2D eigenvalue weighted by atomic mass is 10.1. The minimum atomic E-state index is -6.50. The number of rotatable bonds is 10. The van der Waals surface area contributed by atoms with Crippen LogP contribution < -0.4 is 19.8 Å². The van der Waals surface area contributed by atoms with E-state index < -0.39 is 58.8 Å². The van der Waals surface area contributed by atoms with Crippen molar-refractivity contribution in [1.82, 2.24) is 0 Å². The van der Waals surface area contributed by atoms with Gasteiger partial charge in [-0.05, 0) is 46.1 Å². The summed E-state index contributed by atoms with van der Waals surface area (Å²) in [6.07, 6.45) is 9.51. The molecule has 0 aliphatic heterocycles. The molecule has 0 heterocycles. The molecule has 0 spiro atoms. The van der Waals surface area contributed by atoms with Crippen LogP contribution in [0.2, 0.25) is 13.1 Å². The summed E-state index contributed by atoms with van der Waals surface area (Å²) in [5.74, 6) is 0.587. The maximum absolute atomic E-state index is 12.6. The Balaban J connectivity index is 0.000000286. The Kier molecular flexibility index (Phi) is 17.6. The second kappa shape index (κ2) is 20.6. The van der Waals surface area contributed by atoms with Gasteiger partial charge in [-0.2, -0.15) is 43.2 Å². The number of halogens is 6. The van der Waals surface area contributed by atoms with E-state index in [4.69, 9.17) is 9.47 Å². The molecule has 2 atom stereocenters. The lowest BCUT2D eigenvalue weighted by Crippen LogP contribution is -2.56. The summed E-state index contributed by atoms with van der Waals surface area (Å²) in [6.45, 7) is 2.93.